The molecule has 0 N–H and O–H groups in total. The predicted molar refractivity (Wildman–Crippen MR) is 50.9 cm³/mol. The van der Waals surface area contributed by atoms with E-state index in [-0.39, 0.29) is 10.8 Å². The lowest BCUT2D eigenvalue weighted by Crippen LogP contribution is -2.30. The minimum Gasteiger partial charge on any atom is -0.298 e. The Kier molecular flexibility index (Phi) is 1.94. The number of carbonyl (C=O) groups excluding carboxylic acids is 1. The molecular weight excluding hydrogens is 148 g/mol. The summed E-state index contributed by atoms with van der Waals surface area (Å²) >= 11 is 0. The lowest BCUT2D eigenvalue weighted by atomic mass is 9.78. The van der Waals surface area contributed by atoms with E-state index in [1.807, 2.05) is 27.7 Å². The Morgan fingerprint density at radius 1 is 1.33 bits per heavy atom. The van der Waals surface area contributed by atoms with Crippen molar-refractivity contribution in [3.05, 3.63) is 12.2 Å². The first kappa shape index (κ1) is 9.50. The summed E-state index contributed by atoms with van der Waals surface area (Å²) in [5, 5.41) is 0. The molecule has 0 heterocycles. The maximum Gasteiger partial charge on any atom is 0.148 e. The van der Waals surface area contributed by atoms with Crippen LogP contribution in [0, 0.1) is 10.8 Å². The van der Waals surface area contributed by atoms with E-state index >= 15 is 0 Å². The van der Waals surface area contributed by atoms with Gasteiger partial charge >= 0.3 is 0 Å². The highest BCUT2D eigenvalue weighted by atomic mass is 16.1. The molecule has 0 amide bonds. The van der Waals surface area contributed by atoms with E-state index in [0.717, 1.165) is 18.4 Å². The highest BCUT2D eigenvalue weighted by Gasteiger charge is 2.53. The second kappa shape index (κ2) is 2.45. The molecule has 1 rings (SSSR count). The molecule has 0 radical (unpaired) electrons. The summed E-state index contributed by atoms with van der Waals surface area (Å²) in [5.74, 6) is 0.363. The molecule has 0 aromatic carbocycles. The molecule has 0 bridgehead atoms. The fraction of sp³-hybridized carbons (Fsp3) is 0.727. The zero-order valence-electron chi connectivity index (χ0n) is 8.53. The quantitative estimate of drug-likeness (QED) is 0.576. The van der Waals surface area contributed by atoms with E-state index in [4.69, 9.17) is 0 Å². The Morgan fingerprint density at radius 3 is 1.83 bits per heavy atom. The largest absolute Gasteiger partial charge is 0.298 e. The van der Waals surface area contributed by atoms with Gasteiger partial charge < -0.3 is 0 Å². The minimum absolute atomic E-state index is 0.141. The van der Waals surface area contributed by atoms with Gasteiger partial charge in [0.05, 0.1) is 0 Å². The van der Waals surface area contributed by atoms with Crippen LogP contribution in [0.2, 0.25) is 0 Å². The van der Waals surface area contributed by atoms with Crippen LogP contribution in [0.4, 0.5) is 0 Å². The van der Waals surface area contributed by atoms with Crippen molar-refractivity contribution in [2.45, 2.75) is 40.5 Å². The van der Waals surface area contributed by atoms with E-state index in [1.165, 1.54) is 0 Å². The number of rotatable bonds is 2. The van der Waals surface area contributed by atoms with Crippen LogP contribution < -0.4 is 0 Å². The molecule has 0 aromatic rings. The first-order chi connectivity index (χ1) is 5.31. The van der Waals surface area contributed by atoms with Crippen LogP contribution in [-0.2, 0) is 4.79 Å². The maximum absolute atomic E-state index is 11.9. The van der Waals surface area contributed by atoms with Crippen molar-refractivity contribution in [2.24, 2.45) is 10.8 Å². The zero-order valence-corrected chi connectivity index (χ0v) is 8.53. The van der Waals surface area contributed by atoms with Gasteiger partial charge in [0.1, 0.15) is 5.78 Å². The summed E-state index contributed by atoms with van der Waals surface area (Å²) in [6.45, 7) is 11.8. The minimum atomic E-state index is -0.213. The Labute approximate surface area is 74.9 Å². The highest BCUT2D eigenvalue weighted by molar-refractivity contribution is 5.94. The van der Waals surface area contributed by atoms with Crippen molar-refractivity contribution in [3.63, 3.8) is 0 Å². The first-order valence-corrected chi connectivity index (χ1v) is 4.51. The number of ketones is 1. The van der Waals surface area contributed by atoms with E-state index in [9.17, 15) is 4.79 Å². The predicted octanol–water partition coefficient (Wildman–Crippen LogP) is 2.96. The smallest absolute Gasteiger partial charge is 0.148 e. The first-order valence-electron chi connectivity index (χ1n) is 4.51. The lowest BCUT2D eigenvalue weighted by Gasteiger charge is -2.24. The number of carbonyl (C=O) groups is 1. The van der Waals surface area contributed by atoms with E-state index < -0.39 is 0 Å². The summed E-state index contributed by atoms with van der Waals surface area (Å²) in [5.41, 5.74) is 0.690. The van der Waals surface area contributed by atoms with Crippen molar-refractivity contribution in [1.29, 1.82) is 0 Å². The number of allylic oxidation sites excluding steroid dienone is 1. The average molecular weight is 166 g/mol. The molecule has 0 aliphatic heterocycles. The van der Waals surface area contributed by atoms with Crippen LogP contribution in [0.25, 0.3) is 0 Å². The highest BCUT2D eigenvalue weighted by Crippen LogP contribution is 2.55. The van der Waals surface area contributed by atoms with Crippen molar-refractivity contribution in [3.8, 4) is 0 Å². The lowest BCUT2D eigenvalue weighted by molar-refractivity contribution is -0.130. The van der Waals surface area contributed by atoms with Gasteiger partial charge in [0.15, 0.2) is 0 Å². The Morgan fingerprint density at radius 2 is 1.75 bits per heavy atom. The van der Waals surface area contributed by atoms with E-state index in [1.54, 1.807) is 0 Å². The normalized spacial score (nSPS) is 20.3. The molecule has 1 heteroatoms. The fourth-order valence-electron chi connectivity index (χ4n) is 1.69. The van der Waals surface area contributed by atoms with Crippen molar-refractivity contribution >= 4 is 5.78 Å². The molecule has 0 saturated heterocycles. The molecule has 1 aliphatic carbocycles. The Balaban J connectivity index is 2.85. The number of Topliss-reactive ketones (excluding diaryl/α,β-unsaturated/α-hetero) is 1. The van der Waals surface area contributed by atoms with Gasteiger partial charge in [-0.1, -0.05) is 32.9 Å². The van der Waals surface area contributed by atoms with Gasteiger partial charge in [-0.15, -0.1) is 0 Å². The number of hydrogen-bond donors (Lipinski definition) is 0. The van der Waals surface area contributed by atoms with Gasteiger partial charge in [0, 0.05) is 10.8 Å². The summed E-state index contributed by atoms with van der Waals surface area (Å²) < 4.78 is 0. The van der Waals surface area contributed by atoms with Crippen molar-refractivity contribution in [2.75, 3.05) is 0 Å². The summed E-state index contributed by atoms with van der Waals surface area (Å²) in [6, 6.07) is 0. The molecule has 12 heavy (non-hydrogen) atoms. The SMILES string of the molecule is C=C(C)C1(C(=O)C(C)(C)C)CC1. The third-order valence-corrected chi connectivity index (χ3v) is 2.68. The zero-order chi connectivity index (χ0) is 9.57. The van der Waals surface area contributed by atoms with Crippen LogP contribution in [0.15, 0.2) is 12.2 Å². The molecular formula is C11H18O. The second-order valence-corrected chi connectivity index (χ2v) is 4.94. The van der Waals surface area contributed by atoms with Gasteiger partial charge in [-0.05, 0) is 19.8 Å². The third-order valence-electron chi connectivity index (χ3n) is 2.68. The van der Waals surface area contributed by atoms with Crippen LogP contribution in [0.3, 0.4) is 0 Å². The molecule has 1 saturated carbocycles. The summed E-state index contributed by atoms with van der Waals surface area (Å²) in [6.07, 6.45) is 2.02. The monoisotopic (exact) mass is 166 g/mol. The second-order valence-electron chi connectivity index (χ2n) is 4.94. The molecule has 1 fully saturated rings. The maximum atomic E-state index is 11.9. The third kappa shape index (κ3) is 1.33. The van der Waals surface area contributed by atoms with Crippen LogP contribution in [0.1, 0.15) is 40.5 Å². The van der Waals surface area contributed by atoms with Gasteiger partial charge in [0.25, 0.3) is 0 Å². The van der Waals surface area contributed by atoms with Crippen LogP contribution >= 0.6 is 0 Å². The van der Waals surface area contributed by atoms with E-state index in [0.29, 0.717) is 5.78 Å². The average Bonchev–Trinajstić information content (AvgIpc) is 2.62. The fourth-order valence-corrected chi connectivity index (χ4v) is 1.69. The standard InChI is InChI=1S/C11H18O/c1-8(2)11(6-7-11)9(12)10(3,4)5/h1,6-7H2,2-5H3. The summed E-state index contributed by atoms with van der Waals surface area (Å²) in [7, 11) is 0. The molecule has 68 valence electrons. The number of hydrogen-bond acceptors (Lipinski definition) is 1. The molecule has 0 atom stereocenters. The van der Waals surface area contributed by atoms with Gasteiger partial charge in [-0.2, -0.15) is 0 Å². The molecule has 0 spiro atoms. The molecule has 1 aliphatic rings. The van der Waals surface area contributed by atoms with Gasteiger partial charge in [0.2, 0.25) is 0 Å². The summed E-state index contributed by atoms with van der Waals surface area (Å²) in [4.78, 5) is 11.9. The van der Waals surface area contributed by atoms with Crippen LogP contribution in [-0.4, -0.2) is 5.78 Å². The van der Waals surface area contributed by atoms with Gasteiger partial charge in [-0.25, -0.2) is 0 Å². The topological polar surface area (TPSA) is 17.1 Å². The Bertz CT molecular complexity index is 226. The van der Waals surface area contributed by atoms with Gasteiger partial charge in [-0.3, -0.25) is 4.79 Å². The molecule has 1 nitrogen and oxygen atoms in total. The van der Waals surface area contributed by atoms with Crippen molar-refractivity contribution in [1.82, 2.24) is 0 Å². The Hall–Kier alpha value is -0.590. The molecule has 0 unspecified atom stereocenters. The molecule has 0 aromatic heterocycles. The van der Waals surface area contributed by atoms with Crippen molar-refractivity contribution < 1.29 is 4.79 Å². The van der Waals surface area contributed by atoms with Crippen LogP contribution in [0.5, 0.6) is 0 Å². The van der Waals surface area contributed by atoms with E-state index in [2.05, 4.69) is 6.58 Å².